The van der Waals surface area contributed by atoms with Crippen LogP contribution in [0.1, 0.15) is 17.5 Å². The van der Waals surface area contributed by atoms with Gasteiger partial charge in [-0.15, -0.1) is 0 Å². The molecule has 0 saturated heterocycles. The summed E-state index contributed by atoms with van der Waals surface area (Å²) in [6, 6.07) is 0. The Hall–Kier alpha value is -1.82. The Bertz CT molecular complexity index is 424. The number of carbonyl (C=O) groups is 1. The van der Waals surface area contributed by atoms with Gasteiger partial charge >= 0.3 is 5.97 Å². The summed E-state index contributed by atoms with van der Waals surface area (Å²) in [7, 11) is 1.73. The fraction of sp³-hybridized carbons (Fsp3) is 0.333. The third-order valence-corrected chi connectivity index (χ3v) is 2.33. The standard InChI is InChI=1S/C9H11N3O3/c1-11-3-2-7-6(9(11)15)4-10-12(7)5-8(13)14/h2-4,9,15H,5H2,1H3,(H,13,14). The zero-order valence-corrected chi connectivity index (χ0v) is 8.16. The highest BCUT2D eigenvalue weighted by atomic mass is 16.4. The molecule has 1 atom stereocenters. The van der Waals surface area contributed by atoms with Crippen molar-refractivity contribution in [3.63, 3.8) is 0 Å². The SMILES string of the molecule is CN1C=Cc2c(cnn2CC(=O)O)C1O. The van der Waals surface area contributed by atoms with Crippen molar-refractivity contribution in [3.05, 3.63) is 23.7 Å². The molecule has 0 fully saturated rings. The molecule has 0 spiro atoms. The van der Waals surface area contributed by atoms with Gasteiger partial charge in [-0.2, -0.15) is 5.10 Å². The molecule has 1 aromatic rings. The third-order valence-electron chi connectivity index (χ3n) is 2.33. The summed E-state index contributed by atoms with van der Waals surface area (Å²) in [5.74, 6) is -0.956. The number of nitrogens with zero attached hydrogens (tertiary/aromatic N) is 3. The van der Waals surface area contributed by atoms with Gasteiger partial charge in [0.15, 0.2) is 6.23 Å². The number of hydrogen-bond donors (Lipinski definition) is 2. The number of carboxylic acids is 1. The molecule has 0 aliphatic carbocycles. The first-order chi connectivity index (χ1) is 7.09. The second-order valence-corrected chi connectivity index (χ2v) is 3.39. The topological polar surface area (TPSA) is 78.6 Å². The zero-order chi connectivity index (χ0) is 11.0. The molecule has 1 aromatic heterocycles. The molecule has 15 heavy (non-hydrogen) atoms. The normalized spacial score (nSPS) is 19.1. The first kappa shape index (κ1) is 9.72. The zero-order valence-electron chi connectivity index (χ0n) is 8.16. The Morgan fingerprint density at radius 1 is 1.67 bits per heavy atom. The van der Waals surface area contributed by atoms with Crippen LogP contribution in [0, 0.1) is 0 Å². The molecule has 0 radical (unpaired) electrons. The molecule has 1 aliphatic heterocycles. The van der Waals surface area contributed by atoms with Crippen molar-refractivity contribution >= 4 is 12.0 Å². The number of rotatable bonds is 2. The minimum absolute atomic E-state index is 0.198. The Kier molecular flexibility index (Phi) is 2.20. The first-order valence-corrected chi connectivity index (χ1v) is 4.45. The highest BCUT2D eigenvalue weighted by molar-refractivity contribution is 5.67. The van der Waals surface area contributed by atoms with Gasteiger partial charge in [-0.25, -0.2) is 0 Å². The maximum absolute atomic E-state index is 10.5. The highest BCUT2D eigenvalue weighted by Crippen LogP contribution is 2.26. The largest absolute Gasteiger partial charge is 0.480 e. The number of aliphatic hydroxyl groups is 1. The number of aromatic nitrogens is 2. The number of aliphatic hydroxyl groups excluding tert-OH is 1. The molecular weight excluding hydrogens is 198 g/mol. The summed E-state index contributed by atoms with van der Waals surface area (Å²) in [4.78, 5) is 12.2. The van der Waals surface area contributed by atoms with Crippen LogP contribution in [0.4, 0.5) is 0 Å². The summed E-state index contributed by atoms with van der Waals surface area (Å²) in [5.41, 5.74) is 1.27. The van der Waals surface area contributed by atoms with Gasteiger partial charge in [0.1, 0.15) is 6.54 Å². The number of hydrogen-bond acceptors (Lipinski definition) is 4. The van der Waals surface area contributed by atoms with Crippen molar-refractivity contribution in [3.8, 4) is 0 Å². The summed E-state index contributed by atoms with van der Waals surface area (Å²) in [5, 5.41) is 22.3. The van der Waals surface area contributed by atoms with Gasteiger partial charge in [0, 0.05) is 18.8 Å². The van der Waals surface area contributed by atoms with Crippen LogP contribution in [0.5, 0.6) is 0 Å². The molecule has 1 aliphatic rings. The Labute approximate surface area is 86.0 Å². The summed E-state index contributed by atoms with van der Waals surface area (Å²) in [6.45, 7) is -0.198. The monoisotopic (exact) mass is 209 g/mol. The van der Waals surface area contributed by atoms with Gasteiger partial charge in [0.05, 0.1) is 11.9 Å². The van der Waals surface area contributed by atoms with E-state index in [-0.39, 0.29) is 6.54 Å². The average molecular weight is 209 g/mol. The molecule has 0 saturated carbocycles. The second kappa shape index (κ2) is 3.39. The lowest BCUT2D eigenvalue weighted by atomic mass is 10.1. The minimum atomic E-state index is -0.956. The molecule has 2 heterocycles. The van der Waals surface area contributed by atoms with Crippen LogP contribution in [0.3, 0.4) is 0 Å². The van der Waals surface area contributed by atoms with Crippen molar-refractivity contribution in [2.75, 3.05) is 7.05 Å². The van der Waals surface area contributed by atoms with E-state index in [1.165, 1.54) is 10.9 Å². The van der Waals surface area contributed by atoms with Crippen LogP contribution < -0.4 is 0 Å². The van der Waals surface area contributed by atoms with E-state index in [1.807, 2.05) is 0 Å². The van der Waals surface area contributed by atoms with Crippen molar-refractivity contribution in [2.24, 2.45) is 0 Å². The third kappa shape index (κ3) is 1.59. The van der Waals surface area contributed by atoms with E-state index in [4.69, 9.17) is 5.11 Å². The maximum Gasteiger partial charge on any atom is 0.325 e. The highest BCUT2D eigenvalue weighted by Gasteiger charge is 2.22. The Balaban J connectivity index is 2.38. The van der Waals surface area contributed by atoms with E-state index in [0.717, 1.165) is 0 Å². The molecule has 0 bridgehead atoms. The van der Waals surface area contributed by atoms with E-state index < -0.39 is 12.2 Å². The average Bonchev–Trinajstić information content (AvgIpc) is 2.55. The fourth-order valence-corrected chi connectivity index (χ4v) is 1.53. The molecule has 0 amide bonds. The van der Waals surface area contributed by atoms with E-state index in [0.29, 0.717) is 11.3 Å². The second-order valence-electron chi connectivity index (χ2n) is 3.39. The van der Waals surface area contributed by atoms with E-state index in [2.05, 4.69) is 5.10 Å². The Morgan fingerprint density at radius 2 is 2.40 bits per heavy atom. The van der Waals surface area contributed by atoms with Crippen LogP contribution in [-0.4, -0.2) is 37.9 Å². The number of aliphatic carboxylic acids is 1. The molecule has 6 heteroatoms. The van der Waals surface area contributed by atoms with Crippen LogP contribution >= 0.6 is 0 Å². The summed E-state index contributed by atoms with van der Waals surface area (Å²) >= 11 is 0. The lowest BCUT2D eigenvalue weighted by Crippen LogP contribution is -2.22. The van der Waals surface area contributed by atoms with E-state index in [1.54, 1.807) is 24.2 Å². The van der Waals surface area contributed by atoms with Crippen LogP contribution in [0.15, 0.2) is 12.4 Å². The Morgan fingerprint density at radius 3 is 3.07 bits per heavy atom. The number of carboxylic acid groups (broad SMARTS) is 1. The predicted octanol–water partition coefficient (Wildman–Crippen LogP) is -0.125. The van der Waals surface area contributed by atoms with Crippen molar-refractivity contribution in [1.29, 1.82) is 0 Å². The van der Waals surface area contributed by atoms with Crippen LogP contribution in [-0.2, 0) is 11.3 Å². The lowest BCUT2D eigenvalue weighted by molar-refractivity contribution is -0.137. The van der Waals surface area contributed by atoms with Gasteiger partial charge in [0.2, 0.25) is 0 Å². The first-order valence-electron chi connectivity index (χ1n) is 4.45. The van der Waals surface area contributed by atoms with Gasteiger partial charge in [-0.3, -0.25) is 9.48 Å². The number of fused-ring (bicyclic) bond motifs is 1. The minimum Gasteiger partial charge on any atom is -0.480 e. The molecule has 6 nitrogen and oxygen atoms in total. The molecule has 80 valence electrons. The maximum atomic E-state index is 10.5. The van der Waals surface area contributed by atoms with Crippen molar-refractivity contribution in [2.45, 2.75) is 12.8 Å². The summed E-state index contributed by atoms with van der Waals surface area (Å²) in [6.07, 6.45) is 4.15. The predicted molar refractivity (Wildman–Crippen MR) is 51.6 cm³/mol. The van der Waals surface area contributed by atoms with Gasteiger partial charge in [-0.05, 0) is 6.08 Å². The molecular formula is C9H11N3O3. The summed E-state index contributed by atoms with van der Waals surface area (Å²) < 4.78 is 1.35. The molecule has 0 aromatic carbocycles. The smallest absolute Gasteiger partial charge is 0.325 e. The van der Waals surface area contributed by atoms with E-state index in [9.17, 15) is 9.90 Å². The quantitative estimate of drug-likeness (QED) is 0.709. The van der Waals surface area contributed by atoms with Crippen LogP contribution in [0.25, 0.3) is 6.08 Å². The molecule has 2 rings (SSSR count). The van der Waals surface area contributed by atoms with Gasteiger partial charge in [-0.1, -0.05) is 0 Å². The van der Waals surface area contributed by atoms with E-state index >= 15 is 0 Å². The van der Waals surface area contributed by atoms with Gasteiger partial charge in [0.25, 0.3) is 0 Å². The fourth-order valence-electron chi connectivity index (χ4n) is 1.53. The van der Waals surface area contributed by atoms with Crippen molar-refractivity contribution < 1.29 is 15.0 Å². The van der Waals surface area contributed by atoms with Crippen LogP contribution in [0.2, 0.25) is 0 Å². The van der Waals surface area contributed by atoms with Crippen molar-refractivity contribution in [1.82, 2.24) is 14.7 Å². The molecule has 2 N–H and O–H groups in total. The molecule has 1 unspecified atom stereocenters. The lowest BCUT2D eigenvalue weighted by Gasteiger charge is -2.25. The van der Waals surface area contributed by atoms with Gasteiger partial charge < -0.3 is 15.1 Å².